The third-order valence-electron chi connectivity index (χ3n) is 4.34. The number of carbonyl (C=O) groups excluding carboxylic acids is 1. The maximum absolute atomic E-state index is 12.2. The van der Waals surface area contributed by atoms with Crippen molar-refractivity contribution in [1.82, 2.24) is 5.32 Å². The van der Waals surface area contributed by atoms with Gasteiger partial charge in [0.05, 0.1) is 19.6 Å². The van der Waals surface area contributed by atoms with Gasteiger partial charge in [0.25, 0.3) is 0 Å². The standard InChI is InChI=1S/C18H25NO5/c1-12(24-16-8-4-7-15(10-16)23-2)11-19-17(20)13-5-3-6-14(9-13)18(21)22/h4,7-8,10,12-14H,3,5-6,9,11H2,1-2H3,(H,19,20)(H,21,22). The average Bonchev–Trinajstić information content (AvgIpc) is 2.60. The molecule has 24 heavy (non-hydrogen) atoms. The van der Waals surface area contributed by atoms with Gasteiger partial charge in [-0.1, -0.05) is 12.5 Å². The number of aliphatic carboxylic acids is 1. The van der Waals surface area contributed by atoms with Crippen LogP contribution in [0.4, 0.5) is 0 Å². The Morgan fingerprint density at radius 1 is 1.29 bits per heavy atom. The number of amides is 1. The topological polar surface area (TPSA) is 84.9 Å². The highest BCUT2D eigenvalue weighted by Crippen LogP contribution is 2.29. The second-order valence-corrected chi connectivity index (χ2v) is 6.25. The normalized spacial score (nSPS) is 21.6. The van der Waals surface area contributed by atoms with Gasteiger partial charge in [-0.25, -0.2) is 0 Å². The minimum Gasteiger partial charge on any atom is -0.497 e. The molecule has 1 fully saturated rings. The lowest BCUT2D eigenvalue weighted by atomic mass is 9.81. The Morgan fingerprint density at radius 2 is 2.00 bits per heavy atom. The Kier molecular flexibility index (Phi) is 6.46. The quantitative estimate of drug-likeness (QED) is 0.799. The number of carboxylic acids is 1. The highest BCUT2D eigenvalue weighted by atomic mass is 16.5. The molecule has 1 aliphatic carbocycles. The van der Waals surface area contributed by atoms with Crippen LogP contribution in [-0.4, -0.2) is 36.7 Å². The van der Waals surface area contributed by atoms with Crippen LogP contribution in [0.15, 0.2) is 24.3 Å². The summed E-state index contributed by atoms with van der Waals surface area (Å²) < 4.78 is 10.9. The van der Waals surface area contributed by atoms with Gasteiger partial charge in [0.15, 0.2) is 0 Å². The minimum absolute atomic E-state index is 0.0814. The van der Waals surface area contributed by atoms with Crippen LogP contribution in [-0.2, 0) is 9.59 Å². The van der Waals surface area contributed by atoms with Gasteiger partial charge in [-0.05, 0) is 38.3 Å². The van der Waals surface area contributed by atoms with Gasteiger partial charge in [-0.2, -0.15) is 0 Å². The van der Waals surface area contributed by atoms with Crippen molar-refractivity contribution in [3.05, 3.63) is 24.3 Å². The van der Waals surface area contributed by atoms with E-state index in [1.165, 1.54) is 0 Å². The van der Waals surface area contributed by atoms with Crippen LogP contribution in [0.2, 0.25) is 0 Å². The summed E-state index contributed by atoms with van der Waals surface area (Å²) in [6.45, 7) is 2.25. The Balaban J connectivity index is 1.79. The molecule has 2 N–H and O–H groups in total. The summed E-state index contributed by atoms with van der Waals surface area (Å²) in [4.78, 5) is 23.3. The fraction of sp³-hybridized carbons (Fsp3) is 0.556. The van der Waals surface area contributed by atoms with Crippen LogP contribution in [0.25, 0.3) is 0 Å². The summed E-state index contributed by atoms with van der Waals surface area (Å²) in [7, 11) is 1.59. The zero-order valence-electron chi connectivity index (χ0n) is 14.2. The number of carboxylic acid groups (broad SMARTS) is 1. The van der Waals surface area contributed by atoms with Gasteiger partial charge >= 0.3 is 5.97 Å². The first-order chi connectivity index (χ1) is 11.5. The molecule has 0 spiro atoms. The van der Waals surface area contributed by atoms with Crippen LogP contribution in [0.1, 0.15) is 32.6 Å². The largest absolute Gasteiger partial charge is 0.497 e. The Labute approximate surface area is 142 Å². The maximum atomic E-state index is 12.2. The van der Waals surface area contributed by atoms with Crippen molar-refractivity contribution in [3.8, 4) is 11.5 Å². The third kappa shape index (κ3) is 5.15. The van der Waals surface area contributed by atoms with Gasteiger partial charge in [-0.15, -0.1) is 0 Å². The van der Waals surface area contributed by atoms with Crippen molar-refractivity contribution in [2.45, 2.75) is 38.7 Å². The van der Waals surface area contributed by atoms with E-state index in [-0.39, 0.29) is 17.9 Å². The van der Waals surface area contributed by atoms with E-state index in [1.807, 2.05) is 25.1 Å². The number of hydrogen-bond acceptors (Lipinski definition) is 4. The number of nitrogens with one attached hydrogen (secondary N) is 1. The molecule has 0 aliphatic heterocycles. The van der Waals surface area contributed by atoms with E-state index in [9.17, 15) is 9.59 Å². The second-order valence-electron chi connectivity index (χ2n) is 6.25. The van der Waals surface area contributed by atoms with E-state index in [0.29, 0.717) is 30.9 Å². The molecule has 3 unspecified atom stereocenters. The highest BCUT2D eigenvalue weighted by molar-refractivity contribution is 5.80. The average molecular weight is 335 g/mol. The molecule has 0 radical (unpaired) electrons. The van der Waals surface area contributed by atoms with Crippen LogP contribution in [0.3, 0.4) is 0 Å². The van der Waals surface area contributed by atoms with Crippen LogP contribution >= 0.6 is 0 Å². The van der Waals surface area contributed by atoms with E-state index in [0.717, 1.165) is 12.8 Å². The molecule has 1 amide bonds. The van der Waals surface area contributed by atoms with Crippen LogP contribution < -0.4 is 14.8 Å². The van der Waals surface area contributed by atoms with Gasteiger partial charge in [0.1, 0.15) is 17.6 Å². The molecule has 0 saturated heterocycles. The van der Waals surface area contributed by atoms with E-state index < -0.39 is 11.9 Å². The van der Waals surface area contributed by atoms with Crippen molar-refractivity contribution >= 4 is 11.9 Å². The zero-order chi connectivity index (χ0) is 17.5. The summed E-state index contributed by atoms with van der Waals surface area (Å²) in [5.74, 6) is -0.113. The molecule has 1 saturated carbocycles. The number of methoxy groups -OCH3 is 1. The van der Waals surface area contributed by atoms with Crippen LogP contribution in [0, 0.1) is 11.8 Å². The second kappa shape index (κ2) is 8.57. The number of carbonyl (C=O) groups is 2. The molecule has 0 bridgehead atoms. The first-order valence-electron chi connectivity index (χ1n) is 8.30. The molecule has 6 heteroatoms. The van der Waals surface area contributed by atoms with Crippen molar-refractivity contribution < 1.29 is 24.2 Å². The summed E-state index contributed by atoms with van der Waals surface area (Å²) in [5.41, 5.74) is 0. The van der Waals surface area contributed by atoms with Gasteiger partial charge < -0.3 is 19.9 Å². The van der Waals surface area contributed by atoms with Crippen LogP contribution in [0.5, 0.6) is 11.5 Å². The molecule has 2 rings (SSSR count). The summed E-state index contributed by atoms with van der Waals surface area (Å²) in [6.07, 6.45) is 2.42. The Hall–Kier alpha value is -2.24. The minimum atomic E-state index is -0.803. The number of rotatable bonds is 7. The van der Waals surface area contributed by atoms with E-state index in [1.54, 1.807) is 13.2 Å². The Bertz CT molecular complexity index is 574. The summed E-state index contributed by atoms with van der Waals surface area (Å²) in [5, 5.41) is 12.0. The third-order valence-corrected chi connectivity index (χ3v) is 4.34. The molecule has 1 aliphatic rings. The predicted molar refractivity (Wildman–Crippen MR) is 89.2 cm³/mol. The fourth-order valence-electron chi connectivity index (χ4n) is 2.99. The molecule has 6 nitrogen and oxygen atoms in total. The molecule has 132 valence electrons. The van der Waals surface area contributed by atoms with E-state index >= 15 is 0 Å². The zero-order valence-corrected chi connectivity index (χ0v) is 14.2. The molecule has 3 atom stereocenters. The predicted octanol–water partition coefficient (Wildman–Crippen LogP) is 2.47. The molecular weight excluding hydrogens is 310 g/mol. The lowest BCUT2D eigenvalue weighted by molar-refractivity contribution is -0.144. The monoisotopic (exact) mass is 335 g/mol. The summed E-state index contributed by atoms with van der Waals surface area (Å²) >= 11 is 0. The Morgan fingerprint density at radius 3 is 2.71 bits per heavy atom. The molecule has 0 aromatic heterocycles. The lowest BCUT2D eigenvalue weighted by Gasteiger charge is -2.26. The highest BCUT2D eigenvalue weighted by Gasteiger charge is 2.31. The van der Waals surface area contributed by atoms with Gasteiger partial charge in [0, 0.05) is 12.0 Å². The number of hydrogen-bond donors (Lipinski definition) is 2. The van der Waals surface area contributed by atoms with Gasteiger partial charge in [-0.3, -0.25) is 9.59 Å². The maximum Gasteiger partial charge on any atom is 0.306 e. The first kappa shape index (κ1) is 18.1. The number of benzene rings is 1. The lowest BCUT2D eigenvalue weighted by Crippen LogP contribution is -2.39. The van der Waals surface area contributed by atoms with Crippen molar-refractivity contribution in [2.75, 3.05) is 13.7 Å². The molecule has 1 aromatic rings. The smallest absolute Gasteiger partial charge is 0.306 e. The van der Waals surface area contributed by atoms with E-state index in [2.05, 4.69) is 5.32 Å². The molecular formula is C18H25NO5. The number of ether oxygens (including phenoxy) is 2. The van der Waals surface area contributed by atoms with Gasteiger partial charge in [0.2, 0.25) is 5.91 Å². The molecule has 1 aromatic carbocycles. The van der Waals surface area contributed by atoms with Crippen molar-refractivity contribution in [3.63, 3.8) is 0 Å². The van der Waals surface area contributed by atoms with E-state index in [4.69, 9.17) is 14.6 Å². The summed E-state index contributed by atoms with van der Waals surface area (Å²) in [6, 6.07) is 7.30. The van der Waals surface area contributed by atoms with Crippen molar-refractivity contribution in [2.24, 2.45) is 11.8 Å². The fourth-order valence-corrected chi connectivity index (χ4v) is 2.99. The first-order valence-corrected chi connectivity index (χ1v) is 8.30. The SMILES string of the molecule is COc1cccc(OC(C)CNC(=O)C2CCCC(C(=O)O)C2)c1. The van der Waals surface area contributed by atoms with Crippen molar-refractivity contribution in [1.29, 1.82) is 0 Å². The molecule has 0 heterocycles.